The third-order valence-electron chi connectivity index (χ3n) is 5.18. The number of β-amino-alcohol motifs (C(OH)–C–C–N with tert-alkyl or cyclic N) is 1. The second kappa shape index (κ2) is 9.59. The van der Waals surface area contributed by atoms with Crippen molar-refractivity contribution in [3.8, 4) is 0 Å². The first-order valence-electron chi connectivity index (χ1n) is 8.92. The maximum atomic E-state index is 9.88. The van der Waals surface area contributed by atoms with Crippen LogP contribution in [0.2, 0.25) is 0 Å². The Balaban J connectivity index is 0.00000208. The van der Waals surface area contributed by atoms with Crippen LogP contribution >= 0.6 is 12.4 Å². The Morgan fingerprint density at radius 2 is 1.92 bits per heavy atom. The standard InChI is InChI=1S/C18H30N4O.ClH/c1-2-21-7-9-22(10-8-21)17-6-4-3-5-15(17)11-19-12-16-13-20-14-18(16)23;/h3-6,16,18-20,23H,2,7-14H2,1H3;1H. The topological polar surface area (TPSA) is 50.8 Å². The molecule has 1 aromatic rings. The van der Waals surface area contributed by atoms with Crippen LogP contribution in [0.4, 0.5) is 5.69 Å². The third kappa shape index (κ3) is 4.83. The molecule has 2 heterocycles. The highest BCUT2D eigenvalue weighted by Gasteiger charge is 2.24. The Morgan fingerprint density at radius 1 is 1.17 bits per heavy atom. The molecule has 5 nitrogen and oxygen atoms in total. The van der Waals surface area contributed by atoms with E-state index >= 15 is 0 Å². The number of nitrogens with one attached hydrogen (secondary N) is 2. The first-order chi connectivity index (χ1) is 11.3. The van der Waals surface area contributed by atoms with E-state index in [1.165, 1.54) is 11.3 Å². The van der Waals surface area contributed by atoms with Gasteiger partial charge >= 0.3 is 0 Å². The number of rotatable bonds is 6. The zero-order valence-corrected chi connectivity index (χ0v) is 15.4. The lowest BCUT2D eigenvalue weighted by Gasteiger charge is -2.36. The van der Waals surface area contributed by atoms with Crippen molar-refractivity contribution >= 4 is 18.1 Å². The third-order valence-corrected chi connectivity index (χ3v) is 5.18. The summed E-state index contributed by atoms with van der Waals surface area (Å²) in [4.78, 5) is 5.01. The summed E-state index contributed by atoms with van der Waals surface area (Å²) in [5.74, 6) is 0.329. The van der Waals surface area contributed by atoms with Crippen LogP contribution < -0.4 is 15.5 Å². The number of piperazine rings is 1. The average Bonchev–Trinajstić information content (AvgIpc) is 3.01. The van der Waals surface area contributed by atoms with Crippen molar-refractivity contribution in [2.45, 2.75) is 19.6 Å². The molecule has 0 spiro atoms. The summed E-state index contributed by atoms with van der Waals surface area (Å²) in [7, 11) is 0. The largest absolute Gasteiger partial charge is 0.391 e. The minimum absolute atomic E-state index is 0. The van der Waals surface area contributed by atoms with E-state index in [-0.39, 0.29) is 18.5 Å². The highest BCUT2D eigenvalue weighted by Crippen LogP contribution is 2.22. The van der Waals surface area contributed by atoms with Gasteiger partial charge in [0.25, 0.3) is 0 Å². The molecule has 2 saturated heterocycles. The van der Waals surface area contributed by atoms with Gasteiger partial charge < -0.3 is 25.5 Å². The van der Waals surface area contributed by atoms with Crippen molar-refractivity contribution < 1.29 is 5.11 Å². The fraction of sp³-hybridized carbons (Fsp3) is 0.667. The van der Waals surface area contributed by atoms with Crippen molar-refractivity contribution in [2.24, 2.45) is 5.92 Å². The lowest BCUT2D eigenvalue weighted by molar-refractivity contribution is 0.146. The summed E-state index contributed by atoms with van der Waals surface area (Å²) in [6, 6.07) is 8.72. The molecule has 2 unspecified atom stereocenters. The van der Waals surface area contributed by atoms with E-state index in [1.807, 2.05) is 0 Å². The van der Waals surface area contributed by atoms with Gasteiger partial charge in [-0.15, -0.1) is 12.4 Å². The van der Waals surface area contributed by atoms with Gasteiger partial charge in [-0.2, -0.15) is 0 Å². The zero-order chi connectivity index (χ0) is 16.1. The predicted octanol–water partition coefficient (Wildman–Crippen LogP) is 0.920. The first-order valence-corrected chi connectivity index (χ1v) is 8.92. The zero-order valence-electron chi connectivity index (χ0n) is 14.6. The molecule has 0 aromatic heterocycles. The summed E-state index contributed by atoms with van der Waals surface area (Å²) in [5, 5.41) is 16.7. The summed E-state index contributed by atoms with van der Waals surface area (Å²) in [6.45, 7) is 11.3. The van der Waals surface area contributed by atoms with Crippen LogP contribution in [0, 0.1) is 5.92 Å². The summed E-state index contributed by atoms with van der Waals surface area (Å²) in [6.07, 6.45) is -0.208. The van der Waals surface area contributed by atoms with Gasteiger partial charge in [-0.1, -0.05) is 25.1 Å². The minimum Gasteiger partial charge on any atom is -0.391 e. The maximum absolute atomic E-state index is 9.88. The fourth-order valence-corrected chi connectivity index (χ4v) is 3.59. The van der Waals surface area contributed by atoms with Gasteiger partial charge in [0.2, 0.25) is 0 Å². The molecule has 0 aliphatic carbocycles. The highest BCUT2D eigenvalue weighted by molar-refractivity contribution is 5.85. The number of para-hydroxylation sites is 1. The molecule has 0 bridgehead atoms. The molecule has 3 rings (SSSR count). The van der Waals surface area contributed by atoms with E-state index in [1.54, 1.807) is 0 Å². The Bertz CT molecular complexity index is 494. The molecule has 3 N–H and O–H groups in total. The monoisotopic (exact) mass is 354 g/mol. The van der Waals surface area contributed by atoms with Gasteiger partial charge in [0.15, 0.2) is 0 Å². The number of aliphatic hydroxyl groups is 1. The van der Waals surface area contributed by atoms with E-state index in [0.29, 0.717) is 5.92 Å². The number of hydrogen-bond donors (Lipinski definition) is 3. The van der Waals surface area contributed by atoms with Gasteiger partial charge in [-0.05, 0) is 18.2 Å². The number of hydrogen-bond acceptors (Lipinski definition) is 5. The Hall–Kier alpha value is -0.850. The molecule has 0 saturated carbocycles. The van der Waals surface area contributed by atoms with Crippen molar-refractivity contribution in [1.29, 1.82) is 0 Å². The fourth-order valence-electron chi connectivity index (χ4n) is 3.59. The lowest BCUT2D eigenvalue weighted by Crippen LogP contribution is -2.46. The normalized spacial score (nSPS) is 24.8. The van der Waals surface area contributed by atoms with Crippen LogP contribution in [0.25, 0.3) is 0 Å². The molecule has 24 heavy (non-hydrogen) atoms. The van der Waals surface area contributed by atoms with Crippen molar-refractivity contribution in [1.82, 2.24) is 15.5 Å². The molecular weight excluding hydrogens is 324 g/mol. The number of nitrogens with zero attached hydrogens (tertiary/aromatic N) is 2. The predicted molar refractivity (Wildman–Crippen MR) is 102 cm³/mol. The summed E-state index contributed by atoms with van der Waals surface area (Å²) >= 11 is 0. The smallest absolute Gasteiger partial charge is 0.0716 e. The first kappa shape index (κ1) is 19.5. The lowest BCUT2D eigenvalue weighted by atomic mass is 10.1. The Kier molecular flexibility index (Phi) is 7.78. The second-order valence-corrected chi connectivity index (χ2v) is 6.67. The quantitative estimate of drug-likeness (QED) is 0.709. The number of benzene rings is 1. The summed E-state index contributed by atoms with van der Waals surface area (Å²) < 4.78 is 0. The van der Waals surface area contributed by atoms with E-state index < -0.39 is 0 Å². The molecule has 6 heteroatoms. The molecule has 2 atom stereocenters. The SMILES string of the molecule is CCN1CCN(c2ccccc2CNCC2CNCC2O)CC1.Cl. The van der Waals surface area contributed by atoms with E-state index in [0.717, 1.165) is 58.9 Å². The molecular formula is C18H31ClN4O. The van der Waals surface area contributed by atoms with E-state index in [4.69, 9.17) is 0 Å². The van der Waals surface area contributed by atoms with Crippen molar-refractivity contribution in [3.63, 3.8) is 0 Å². The van der Waals surface area contributed by atoms with Gasteiger partial charge in [-0.25, -0.2) is 0 Å². The van der Waals surface area contributed by atoms with E-state index in [2.05, 4.69) is 51.6 Å². The van der Waals surface area contributed by atoms with Gasteiger partial charge in [0, 0.05) is 64.0 Å². The molecule has 136 valence electrons. The highest BCUT2D eigenvalue weighted by atomic mass is 35.5. The van der Waals surface area contributed by atoms with Crippen LogP contribution in [0.3, 0.4) is 0 Å². The Morgan fingerprint density at radius 3 is 2.58 bits per heavy atom. The second-order valence-electron chi connectivity index (χ2n) is 6.67. The Labute approximate surface area is 151 Å². The van der Waals surface area contributed by atoms with Gasteiger partial charge in [0.05, 0.1) is 6.10 Å². The number of likely N-dealkylation sites (N-methyl/N-ethyl adjacent to an activating group) is 1. The summed E-state index contributed by atoms with van der Waals surface area (Å²) in [5.41, 5.74) is 2.72. The van der Waals surface area contributed by atoms with Gasteiger partial charge in [0.1, 0.15) is 0 Å². The molecule has 2 fully saturated rings. The van der Waals surface area contributed by atoms with Crippen LogP contribution in [-0.4, -0.2) is 68.5 Å². The molecule has 2 aliphatic rings. The van der Waals surface area contributed by atoms with Crippen molar-refractivity contribution in [2.75, 3.05) is 57.3 Å². The molecule has 0 radical (unpaired) electrons. The maximum Gasteiger partial charge on any atom is 0.0716 e. The van der Waals surface area contributed by atoms with Crippen LogP contribution in [0.15, 0.2) is 24.3 Å². The number of anilines is 1. The van der Waals surface area contributed by atoms with Gasteiger partial charge in [-0.3, -0.25) is 0 Å². The average molecular weight is 355 g/mol. The number of halogens is 1. The van der Waals surface area contributed by atoms with Crippen LogP contribution in [-0.2, 0) is 6.54 Å². The molecule has 0 amide bonds. The van der Waals surface area contributed by atoms with Crippen molar-refractivity contribution in [3.05, 3.63) is 29.8 Å². The van der Waals surface area contributed by atoms with Crippen LogP contribution in [0.1, 0.15) is 12.5 Å². The molecule has 1 aromatic carbocycles. The minimum atomic E-state index is -0.208. The molecule has 2 aliphatic heterocycles. The number of aliphatic hydroxyl groups excluding tert-OH is 1. The van der Waals surface area contributed by atoms with Crippen LogP contribution in [0.5, 0.6) is 0 Å². The van der Waals surface area contributed by atoms with E-state index in [9.17, 15) is 5.11 Å².